The molecule has 0 aliphatic heterocycles. The minimum Gasteiger partial charge on any atom is -0.319 e. The van der Waals surface area contributed by atoms with Gasteiger partial charge < -0.3 is 5.32 Å². The van der Waals surface area contributed by atoms with E-state index in [1.54, 1.807) is 29.6 Å². The van der Waals surface area contributed by atoms with Crippen molar-refractivity contribution < 1.29 is 10.1 Å². The van der Waals surface area contributed by atoms with Gasteiger partial charge in [-0.05, 0) is 12.1 Å². The van der Waals surface area contributed by atoms with Crippen molar-refractivity contribution in [2.24, 2.45) is 0 Å². The van der Waals surface area contributed by atoms with Gasteiger partial charge in [0, 0.05) is 5.56 Å². The van der Waals surface area contributed by atoms with E-state index in [1.165, 1.54) is 0 Å². The van der Waals surface area contributed by atoms with Gasteiger partial charge in [-0.1, -0.05) is 88.9 Å². The molecule has 0 saturated carbocycles. The number of rotatable bonds is 5. The monoisotopic (exact) mass is 391 g/mol. The number of carbonyl (C=O) groups is 1. The molecule has 0 aromatic heterocycles. The number of halogens is 4. The number of amides is 1. The third-order valence-corrected chi connectivity index (χ3v) is 4.22. The molecule has 1 amide bonds. The molecule has 0 heterocycles. The van der Waals surface area contributed by atoms with Gasteiger partial charge in [0.05, 0.1) is 10.6 Å². The highest BCUT2D eigenvalue weighted by Gasteiger charge is 2.37. The molecule has 3 nitrogen and oxygen atoms in total. The van der Waals surface area contributed by atoms with Gasteiger partial charge in [0.15, 0.2) is 0 Å². The fourth-order valence-corrected chi connectivity index (χ4v) is 2.66. The van der Waals surface area contributed by atoms with Gasteiger partial charge in [-0.2, -0.15) is 0 Å². The predicted molar refractivity (Wildman–Crippen MR) is 95.1 cm³/mol. The van der Waals surface area contributed by atoms with Crippen molar-refractivity contribution in [2.45, 2.75) is 16.5 Å². The molecule has 7 heteroatoms. The molecule has 2 rings (SSSR count). The number of carbonyl (C=O) groups excluding carboxylic acids is 1. The summed E-state index contributed by atoms with van der Waals surface area (Å²) in [6.45, 7) is 0.558. The average molecular weight is 393 g/mol. The molecule has 1 atom stereocenters. The summed E-state index contributed by atoms with van der Waals surface area (Å²) in [5, 5.41) is 4.81. The Morgan fingerprint density at radius 2 is 1.65 bits per heavy atom. The number of hydrogen-bond acceptors (Lipinski definition) is 1. The second-order valence-corrected chi connectivity index (χ2v) is 7.67. The van der Waals surface area contributed by atoms with Gasteiger partial charge in [-0.15, -0.1) is 0 Å². The van der Waals surface area contributed by atoms with Crippen LogP contribution < -0.4 is 10.6 Å². The van der Waals surface area contributed by atoms with E-state index < -0.39 is 15.9 Å². The Kier molecular flexibility index (Phi) is 6.57. The van der Waals surface area contributed by atoms with Crippen LogP contribution in [0.5, 0.6) is 0 Å². The number of hydrogen-bond donors (Lipinski definition) is 2. The third-order valence-electron chi connectivity index (χ3n) is 3.19. The first-order chi connectivity index (χ1) is 10.9. The normalized spacial score (nSPS) is 12.7. The Labute approximate surface area is 154 Å². The zero-order valence-corrected chi connectivity index (χ0v) is 15.0. The minimum atomic E-state index is -1.66. The Morgan fingerprint density at radius 1 is 1.04 bits per heavy atom. The lowest BCUT2D eigenvalue weighted by molar-refractivity contribution is -0.706. The molecule has 2 aromatic rings. The van der Waals surface area contributed by atoms with E-state index in [0.29, 0.717) is 17.1 Å². The van der Waals surface area contributed by atoms with Crippen LogP contribution in [0, 0.1) is 0 Å². The summed E-state index contributed by atoms with van der Waals surface area (Å²) in [6, 6.07) is 16.4. The first kappa shape index (κ1) is 18.4. The van der Waals surface area contributed by atoms with Crippen LogP contribution in [0.4, 0.5) is 0 Å². The van der Waals surface area contributed by atoms with E-state index >= 15 is 0 Å². The molecule has 23 heavy (non-hydrogen) atoms. The van der Waals surface area contributed by atoms with Crippen molar-refractivity contribution >= 4 is 52.3 Å². The summed E-state index contributed by atoms with van der Waals surface area (Å²) >= 11 is 24.0. The number of alkyl halides is 3. The molecule has 0 saturated heterocycles. The van der Waals surface area contributed by atoms with Crippen molar-refractivity contribution in [2.75, 3.05) is 0 Å². The third kappa shape index (κ3) is 5.55. The highest BCUT2D eigenvalue weighted by Crippen LogP contribution is 2.28. The maximum absolute atomic E-state index is 12.3. The summed E-state index contributed by atoms with van der Waals surface area (Å²) in [4.78, 5) is 12.3. The molecule has 0 radical (unpaired) electrons. The van der Waals surface area contributed by atoms with Crippen LogP contribution in [-0.2, 0) is 6.54 Å². The highest BCUT2D eigenvalue weighted by molar-refractivity contribution is 6.68. The van der Waals surface area contributed by atoms with Crippen LogP contribution >= 0.6 is 46.4 Å². The van der Waals surface area contributed by atoms with Gasteiger partial charge in [-0.3, -0.25) is 10.1 Å². The molecule has 3 N–H and O–H groups in total. The first-order valence-corrected chi connectivity index (χ1v) is 8.38. The van der Waals surface area contributed by atoms with E-state index in [-0.39, 0.29) is 0 Å². The highest BCUT2D eigenvalue weighted by atomic mass is 35.6. The van der Waals surface area contributed by atoms with Crippen LogP contribution in [0.15, 0.2) is 54.6 Å². The number of benzene rings is 2. The Hall–Kier alpha value is -0.970. The van der Waals surface area contributed by atoms with E-state index in [2.05, 4.69) is 5.32 Å². The molecular formula is C16H15Cl4N2O+. The lowest BCUT2D eigenvalue weighted by Crippen LogP contribution is -2.95. The van der Waals surface area contributed by atoms with E-state index in [9.17, 15) is 4.79 Å². The van der Waals surface area contributed by atoms with Crippen LogP contribution in [0.2, 0.25) is 5.02 Å². The van der Waals surface area contributed by atoms with Crippen LogP contribution in [0.25, 0.3) is 0 Å². The Bertz CT molecular complexity index is 659. The molecule has 2 aromatic carbocycles. The predicted octanol–water partition coefficient (Wildman–Crippen LogP) is 3.53. The van der Waals surface area contributed by atoms with E-state index in [4.69, 9.17) is 46.4 Å². The van der Waals surface area contributed by atoms with Gasteiger partial charge >= 0.3 is 0 Å². The second kappa shape index (κ2) is 8.22. The van der Waals surface area contributed by atoms with Crippen LogP contribution in [0.3, 0.4) is 0 Å². The Morgan fingerprint density at radius 3 is 2.26 bits per heavy atom. The molecule has 0 fully saturated rings. The van der Waals surface area contributed by atoms with Gasteiger partial charge in [0.2, 0.25) is 6.17 Å². The molecular weight excluding hydrogens is 378 g/mol. The topological polar surface area (TPSA) is 45.7 Å². The summed E-state index contributed by atoms with van der Waals surface area (Å²) in [5.74, 6) is -0.392. The molecule has 0 aliphatic rings. The Balaban J connectivity index is 2.07. The number of nitrogens with two attached hydrogens (primary N) is 1. The number of nitrogens with one attached hydrogen (secondary N) is 1. The maximum atomic E-state index is 12.3. The zero-order valence-electron chi connectivity index (χ0n) is 12.0. The summed E-state index contributed by atoms with van der Waals surface area (Å²) in [6.07, 6.45) is -0.753. The quantitative estimate of drug-likeness (QED) is 0.593. The van der Waals surface area contributed by atoms with Crippen molar-refractivity contribution in [1.82, 2.24) is 5.32 Å². The van der Waals surface area contributed by atoms with E-state index in [0.717, 1.165) is 5.56 Å². The smallest absolute Gasteiger partial charge is 0.262 e. The van der Waals surface area contributed by atoms with E-state index in [1.807, 2.05) is 30.3 Å². The zero-order chi connectivity index (χ0) is 16.9. The van der Waals surface area contributed by atoms with Gasteiger partial charge in [0.25, 0.3) is 9.70 Å². The molecule has 0 bridgehead atoms. The lowest BCUT2D eigenvalue weighted by atomic mass is 10.2. The average Bonchev–Trinajstić information content (AvgIpc) is 2.51. The second-order valence-electron chi connectivity index (χ2n) is 4.90. The summed E-state index contributed by atoms with van der Waals surface area (Å²) in [7, 11) is 0. The SMILES string of the molecule is O=C(N[C@H]([NH2+]Cc1ccccc1)C(Cl)(Cl)Cl)c1ccccc1Cl. The minimum absolute atomic E-state index is 0.335. The summed E-state index contributed by atoms with van der Waals surface area (Å²) < 4.78 is -1.66. The van der Waals surface area contributed by atoms with Gasteiger partial charge in [0.1, 0.15) is 6.54 Å². The summed E-state index contributed by atoms with van der Waals surface area (Å²) in [5.41, 5.74) is 1.39. The van der Waals surface area contributed by atoms with Crippen molar-refractivity contribution in [3.63, 3.8) is 0 Å². The van der Waals surface area contributed by atoms with Gasteiger partial charge in [-0.25, -0.2) is 0 Å². The van der Waals surface area contributed by atoms with Crippen LogP contribution in [-0.4, -0.2) is 15.9 Å². The molecule has 122 valence electrons. The van der Waals surface area contributed by atoms with Crippen molar-refractivity contribution in [1.29, 1.82) is 0 Å². The molecule has 0 aliphatic carbocycles. The molecule has 0 unspecified atom stereocenters. The van der Waals surface area contributed by atoms with Crippen LogP contribution in [0.1, 0.15) is 15.9 Å². The standard InChI is InChI=1S/C16H14Cl4N2O/c17-13-9-5-4-8-12(13)14(23)22-15(16(18,19)20)21-10-11-6-2-1-3-7-11/h1-9,15,21H,10H2,(H,22,23)/p+1/t15-/m0/s1. The fourth-order valence-electron chi connectivity index (χ4n) is 2.01. The maximum Gasteiger partial charge on any atom is 0.262 e. The largest absolute Gasteiger partial charge is 0.319 e. The molecule has 0 spiro atoms. The number of quaternary nitrogens is 1. The fraction of sp³-hybridized carbons (Fsp3) is 0.188. The lowest BCUT2D eigenvalue weighted by Gasteiger charge is -2.23. The van der Waals surface area contributed by atoms with Crippen molar-refractivity contribution in [3.05, 3.63) is 70.7 Å². The first-order valence-electron chi connectivity index (χ1n) is 6.87. The van der Waals surface area contributed by atoms with Crippen molar-refractivity contribution in [3.8, 4) is 0 Å².